The molecule has 0 aliphatic heterocycles. The van der Waals surface area contributed by atoms with E-state index in [-0.39, 0.29) is 16.6 Å². The molecule has 1 aromatic carbocycles. The molecule has 0 radical (unpaired) electrons. The van der Waals surface area contributed by atoms with E-state index in [9.17, 15) is 4.39 Å². The number of ether oxygens (including phenoxy) is 1. The number of benzene rings is 1. The smallest absolute Gasteiger partial charge is 0.261 e. The van der Waals surface area contributed by atoms with Crippen molar-refractivity contribution in [3.8, 4) is 28.6 Å². The second kappa shape index (κ2) is 7.51. The van der Waals surface area contributed by atoms with Crippen molar-refractivity contribution < 1.29 is 13.7 Å². The number of aromatic nitrogens is 4. The molecule has 6 nitrogen and oxygen atoms in total. The van der Waals surface area contributed by atoms with E-state index in [2.05, 4.69) is 20.1 Å². The molecule has 0 N–H and O–H groups in total. The molecule has 4 rings (SSSR count). The summed E-state index contributed by atoms with van der Waals surface area (Å²) in [4.78, 5) is 11.9. The molecule has 0 amide bonds. The monoisotopic (exact) mass is 382 g/mol. The first-order valence-electron chi connectivity index (χ1n) is 7.96. The largest absolute Gasteiger partial charge is 0.489 e. The van der Waals surface area contributed by atoms with E-state index in [4.69, 9.17) is 20.9 Å². The van der Waals surface area contributed by atoms with Gasteiger partial charge in [-0.2, -0.15) is 4.98 Å². The predicted molar refractivity (Wildman–Crippen MR) is 96.5 cm³/mol. The molecule has 0 saturated carbocycles. The lowest BCUT2D eigenvalue weighted by Crippen LogP contribution is -1.95. The third kappa shape index (κ3) is 3.93. The summed E-state index contributed by atoms with van der Waals surface area (Å²) >= 11 is 5.80. The van der Waals surface area contributed by atoms with Gasteiger partial charge in [0.15, 0.2) is 5.82 Å². The van der Waals surface area contributed by atoms with Crippen LogP contribution in [0.3, 0.4) is 0 Å². The Morgan fingerprint density at radius 3 is 2.74 bits per heavy atom. The standard InChI is InChI=1S/C19H12ClFN4O2/c20-17-8-15(16(21)10-23-17)19-24-18(25-27-19)13-3-5-14(6-4-13)26-11-12-2-1-7-22-9-12/h1-10H,11H2. The van der Waals surface area contributed by atoms with Crippen LogP contribution in [-0.2, 0) is 6.61 Å². The third-order valence-corrected chi connectivity index (χ3v) is 3.93. The van der Waals surface area contributed by atoms with Crippen LogP contribution in [0.5, 0.6) is 5.75 Å². The molecule has 0 bridgehead atoms. The number of rotatable bonds is 5. The third-order valence-electron chi connectivity index (χ3n) is 3.72. The maximum absolute atomic E-state index is 13.9. The molecular formula is C19H12ClFN4O2. The van der Waals surface area contributed by atoms with E-state index in [1.54, 1.807) is 36.7 Å². The van der Waals surface area contributed by atoms with E-state index in [1.165, 1.54) is 6.07 Å². The van der Waals surface area contributed by atoms with Crippen molar-refractivity contribution in [1.29, 1.82) is 0 Å². The Labute approximate surface area is 158 Å². The maximum Gasteiger partial charge on any atom is 0.261 e. The molecule has 0 aliphatic carbocycles. The highest BCUT2D eigenvalue weighted by molar-refractivity contribution is 6.29. The zero-order valence-electron chi connectivity index (χ0n) is 13.8. The van der Waals surface area contributed by atoms with Gasteiger partial charge in [0.1, 0.15) is 17.5 Å². The van der Waals surface area contributed by atoms with Crippen molar-refractivity contribution >= 4 is 11.6 Å². The molecule has 27 heavy (non-hydrogen) atoms. The normalized spacial score (nSPS) is 10.7. The van der Waals surface area contributed by atoms with E-state index in [1.807, 2.05) is 12.1 Å². The summed E-state index contributed by atoms with van der Waals surface area (Å²) in [6.45, 7) is 0.418. The Bertz CT molecular complexity index is 1060. The van der Waals surface area contributed by atoms with Crippen LogP contribution in [0.2, 0.25) is 5.15 Å². The van der Waals surface area contributed by atoms with Crippen LogP contribution in [0.15, 0.2) is 65.6 Å². The van der Waals surface area contributed by atoms with Crippen molar-refractivity contribution in [3.63, 3.8) is 0 Å². The van der Waals surface area contributed by atoms with Gasteiger partial charge in [-0.1, -0.05) is 22.8 Å². The molecule has 0 spiro atoms. The van der Waals surface area contributed by atoms with Gasteiger partial charge in [-0.15, -0.1) is 0 Å². The van der Waals surface area contributed by atoms with Gasteiger partial charge in [0.25, 0.3) is 5.89 Å². The molecule has 0 saturated heterocycles. The van der Waals surface area contributed by atoms with Crippen LogP contribution in [0.25, 0.3) is 22.8 Å². The lowest BCUT2D eigenvalue weighted by molar-refractivity contribution is 0.306. The maximum atomic E-state index is 13.9. The van der Waals surface area contributed by atoms with Gasteiger partial charge in [0.2, 0.25) is 5.82 Å². The summed E-state index contributed by atoms with van der Waals surface area (Å²) in [5.74, 6) is 0.465. The SMILES string of the molecule is Fc1cnc(Cl)cc1-c1nc(-c2ccc(OCc3cccnc3)cc2)no1. The Kier molecular flexibility index (Phi) is 4.76. The molecule has 0 atom stereocenters. The number of hydrogen-bond donors (Lipinski definition) is 0. The summed E-state index contributed by atoms with van der Waals surface area (Å²) in [5.41, 5.74) is 1.78. The molecule has 0 aliphatic rings. The Balaban J connectivity index is 1.49. The minimum atomic E-state index is -0.589. The van der Waals surface area contributed by atoms with Gasteiger partial charge in [-0.05, 0) is 36.4 Å². The fourth-order valence-corrected chi connectivity index (χ4v) is 2.54. The van der Waals surface area contributed by atoms with Crippen LogP contribution in [0.1, 0.15) is 5.56 Å². The average Bonchev–Trinajstić information content (AvgIpc) is 3.19. The van der Waals surface area contributed by atoms with Gasteiger partial charge < -0.3 is 9.26 Å². The highest BCUT2D eigenvalue weighted by atomic mass is 35.5. The van der Waals surface area contributed by atoms with Crippen molar-refractivity contribution in [1.82, 2.24) is 20.1 Å². The van der Waals surface area contributed by atoms with E-state index >= 15 is 0 Å². The molecule has 0 fully saturated rings. The van der Waals surface area contributed by atoms with Gasteiger partial charge in [0, 0.05) is 23.5 Å². The Morgan fingerprint density at radius 1 is 1.11 bits per heavy atom. The zero-order chi connectivity index (χ0) is 18.6. The second-order valence-corrected chi connectivity index (χ2v) is 5.97. The highest BCUT2D eigenvalue weighted by Crippen LogP contribution is 2.26. The number of halogens is 2. The van der Waals surface area contributed by atoms with Crippen LogP contribution < -0.4 is 4.74 Å². The molecule has 8 heteroatoms. The number of nitrogens with zero attached hydrogens (tertiary/aromatic N) is 4. The topological polar surface area (TPSA) is 73.9 Å². The Hall–Kier alpha value is -3.32. The molecule has 0 unspecified atom stereocenters. The van der Waals surface area contributed by atoms with Crippen LogP contribution in [-0.4, -0.2) is 20.1 Å². The lowest BCUT2D eigenvalue weighted by Gasteiger charge is -2.06. The van der Waals surface area contributed by atoms with E-state index < -0.39 is 5.82 Å². The fraction of sp³-hybridized carbons (Fsp3) is 0.0526. The average molecular weight is 383 g/mol. The number of pyridine rings is 2. The number of hydrogen-bond acceptors (Lipinski definition) is 6. The predicted octanol–water partition coefficient (Wildman–Crippen LogP) is 4.57. The van der Waals surface area contributed by atoms with Crippen molar-refractivity contribution in [2.24, 2.45) is 0 Å². The van der Waals surface area contributed by atoms with Crippen molar-refractivity contribution in [2.75, 3.05) is 0 Å². The first-order chi connectivity index (χ1) is 13.2. The van der Waals surface area contributed by atoms with E-state index in [0.29, 0.717) is 23.7 Å². The van der Waals surface area contributed by atoms with Crippen molar-refractivity contribution in [2.45, 2.75) is 6.61 Å². The molecule has 3 aromatic heterocycles. The fourth-order valence-electron chi connectivity index (χ4n) is 2.38. The summed E-state index contributed by atoms with van der Waals surface area (Å²) in [6, 6.07) is 12.3. The summed E-state index contributed by atoms with van der Waals surface area (Å²) in [6.07, 6.45) is 4.47. The summed E-state index contributed by atoms with van der Waals surface area (Å²) in [5, 5.41) is 4.03. The second-order valence-electron chi connectivity index (χ2n) is 5.58. The molecular weight excluding hydrogens is 371 g/mol. The summed E-state index contributed by atoms with van der Waals surface area (Å²) in [7, 11) is 0. The highest BCUT2D eigenvalue weighted by Gasteiger charge is 2.15. The van der Waals surface area contributed by atoms with Gasteiger partial charge >= 0.3 is 0 Å². The minimum absolute atomic E-state index is 0.0312. The first kappa shape index (κ1) is 17.1. The summed E-state index contributed by atoms with van der Waals surface area (Å²) < 4.78 is 24.7. The molecule has 4 aromatic rings. The molecule has 3 heterocycles. The minimum Gasteiger partial charge on any atom is -0.489 e. The van der Waals surface area contributed by atoms with Crippen LogP contribution >= 0.6 is 11.6 Å². The van der Waals surface area contributed by atoms with Crippen molar-refractivity contribution in [3.05, 3.63) is 77.6 Å². The first-order valence-corrected chi connectivity index (χ1v) is 8.34. The zero-order valence-corrected chi connectivity index (χ0v) is 14.6. The molecule has 134 valence electrons. The quantitative estimate of drug-likeness (QED) is 0.471. The van der Waals surface area contributed by atoms with E-state index in [0.717, 1.165) is 11.8 Å². The van der Waals surface area contributed by atoms with Gasteiger partial charge in [-0.25, -0.2) is 9.37 Å². The van der Waals surface area contributed by atoms with Gasteiger partial charge in [0.05, 0.1) is 11.8 Å². The van der Waals surface area contributed by atoms with Gasteiger partial charge in [-0.3, -0.25) is 4.98 Å². The Morgan fingerprint density at radius 2 is 1.96 bits per heavy atom. The lowest BCUT2D eigenvalue weighted by atomic mass is 10.2. The van der Waals surface area contributed by atoms with Crippen LogP contribution in [0.4, 0.5) is 4.39 Å². The van der Waals surface area contributed by atoms with Crippen LogP contribution in [0, 0.1) is 5.82 Å².